The van der Waals surface area contributed by atoms with Crippen molar-refractivity contribution in [3.63, 3.8) is 0 Å². The predicted octanol–water partition coefficient (Wildman–Crippen LogP) is 4.15. The Kier molecular flexibility index (Phi) is 3.83. The van der Waals surface area contributed by atoms with Crippen LogP contribution in [0.25, 0.3) is 0 Å². The van der Waals surface area contributed by atoms with Crippen LogP contribution >= 0.6 is 11.6 Å². The molecule has 0 bridgehead atoms. The lowest BCUT2D eigenvalue weighted by Gasteiger charge is -2.15. The van der Waals surface area contributed by atoms with E-state index in [0.717, 1.165) is 17.7 Å². The Morgan fingerprint density at radius 2 is 1.58 bits per heavy atom. The van der Waals surface area contributed by atoms with Crippen LogP contribution in [-0.2, 0) is 0 Å². The summed E-state index contributed by atoms with van der Waals surface area (Å²) in [6.07, 6.45) is -1.46. The Balaban J connectivity index is 2.52. The van der Waals surface area contributed by atoms with Gasteiger partial charge in [0.1, 0.15) is 11.9 Å². The van der Waals surface area contributed by atoms with E-state index < -0.39 is 23.6 Å². The van der Waals surface area contributed by atoms with Crippen LogP contribution in [0.5, 0.6) is 0 Å². The standard InChI is InChI=1S/C14H10ClF3O/c1-7-2-3-11(16)9(4-7)14(19)8-5-12(17)13(18)6-10(8)15/h2-6,14,19H,1H3. The minimum atomic E-state index is -1.46. The van der Waals surface area contributed by atoms with E-state index in [1.165, 1.54) is 12.1 Å². The van der Waals surface area contributed by atoms with E-state index in [4.69, 9.17) is 11.6 Å². The summed E-state index contributed by atoms with van der Waals surface area (Å²) in [5.41, 5.74) is 0.618. The molecule has 19 heavy (non-hydrogen) atoms. The van der Waals surface area contributed by atoms with Gasteiger partial charge in [0.25, 0.3) is 0 Å². The van der Waals surface area contributed by atoms with Gasteiger partial charge in [0.15, 0.2) is 11.6 Å². The van der Waals surface area contributed by atoms with E-state index in [2.05, 4.69) is 0 Å². The largest absolute Gasteiger partial charge is 0.383 e. The van der Waals surface area contributed by atoms with E-state index in [-0.39, 0.29) is 16.1 Å². The summed E-state index contributed by atoms with van der Waals surface area (Å²) in [7, 11) is 0. The molecule has 0 aliphatic heterocycles. The SMILES string of the molecule is Cc1ccc(F)c(C(O)c2cc(F)c(F)cc2Cl)c1. The second kappa shape index (κ2) is 5.23. The number of benzene rings is 2. The molecule has 0 saturated heterocycles. The summed E-state index contributed by atoms with van der Waals surface area (Å²) < 4.78 is 39.8. The van der Waals surface area contributed by atoms with Gasteiger partial charge in [-0.25, -0.2) is 13.2 Å². The molecule has 5 heteroatoms. The predicted molar refractivity (Wildman–Crippen MR) is 66.6 cm³/mol. The van der Waals surface area contributed by atoms with Gasteiger partial charge < -0.3 is 5.11 Å². The van der Waals surface area contributed by atoms with Crippen LogP contribution in [0.3, 0.4) is 0 Å². The number of hydrogen-bond acceptors (Lipinski definition) is 1. The van der Waals surface area contributed by atoms with Crippen molar-refractivity contribution >= 4 is 11.6 Å². The summed E-state index contributed by atoms with van der Waals surface area (Å²) in [5.74, 6) is -2.91. The van der Waals surface area contributed by atoms with Crippen LogP contribution in [0.1, 0.15) is 22.8 Å². The molecule has 0 amide bonds. The molecule has 1 unspecified atom stereocenters. The molecule has 0 spiro atoms. The van der Waals surface area contributed by atoms with E-state index in [1.807, 2.05) is 0 Å². The molecule has 2 aromatic rings. The molecule has 1 N–H and O–H groups in total. The maximum atomic E-state index is 13.6. The van der Waals surface area contributed by atoms with Gasteiger partial charge in [-0.05, 0) is 25.1 Å². The average molecular weight is 287 g/mol. The summed E-state index contributed by atoms with van der Waals surface area (Å²) in [4.78, 5) is 0. The van der Waals surface area contributed by atoms with Crippen LogP contribution in [0.15, 0.2) is 30.3 Å². The third-order valence-electron chi connectivity index (χ3n) is 2.78. The maximum absolute atomic E-state index is 13.6. The van der Waals surface area contributed by atoms with Gasteiger partial charge in [-0.15, -0.1) is 0 Å². The normalized spacial score (nSPS) is 12.5. The van der Waals surface area contributed by atoms with Crippen molar-refractivity contribution in [3.8, 4) is 0 Å². The first-order chi connectivity index (χ1) is 8.90. The van der Waals surface area contributed by atoms with Gasteiger partial charge in [-0.3, -0.25) is 0 Å². The lowest BCUT2D eigenvalue weighted by Crippen LogP contribution is -2.05. The molecule has 0 saturated carbocycles. The number of halogens is 4. The van der Waals surface area contributed by atoms with Crippen molar-refractivity contribution in [2.24, 2.45) is 0 Å². The van der Waals surface area contributed by atoms with E-state index in [1.54, 1.807) is 13.0 Å². The molecule has 1 atom stereocenters. The van der Waals surface area contributed by atoms with E-state index in [9.17, 15) is 18.3 Å². The number of aliphatic hydroxyl groups is 1. The van der Waals surface area contributed by atoms with Crippen molar-refractivity contribution in [1.82, 2.24) is 0 Å². The van der Waals surface area contributed by atoms with Gasteiger partial charge >= 0.3 is 0 Å². The van der Waals surface area contributed by atoms with Crippen LogP contribution in [0, 0.1) is 24.4 Å². The Labute approximate surface area is 113 Å². The number of aliphatic hydroxyl groups excluding tert-OH is 1. The number of rotatable bonds is 2. The summed E-state index contributed by atoms with van der Waals surface area (Å²) in [6, 6.07) is 5.69. The summed E-state index contributed by atoms with van der Waals surface area (Å²) >= 11 is 5.75. The summed E-state index contributed by atoms with van der Waals surface area (Å²) in [5, 5.41) is 9.92. The van der Waals surface area contributed by atoms with Crippen molar-refractivity contribution in [3.05, 3.63) is 69.5 Å². The minimum absolute atomic E-state index is 0.0343. The topological polar surface area (TPSA) is 20.2 Å². The first-order valence-corrected chi connectivity index (χ1v) is 5.86. The molecule has 1 nitrogen and oxygen atoms in total. The molecule has 0 aliphatic rings. The van der Waals surface area contributed by atoms with Gasteiger partial charge in [0.05, 0.1) is 0 Å². The summed E-state index contributed by atoms with van der Waals surface area (Å²) in [6.45, 7) is 1.72. The number of aryl methyl sites for hydroxylation is 1. The molecule has 0 radical (unpaired) electrons. The van der Waals surface area contributed by atoms with Gasteiger partial charge in [-0.2, -0.15) is 0 Å². The van der Waals surface area contributed by atoms with Gasteiger partial charge in [0.2, 0.25) is 0 Å². The molecular weight excluding hydrogens is 277 g/mol. The van der Waals surface area contributed by atoms with E-state index in [0.29, 0.717) is 0 Å². The molecule has 0 heterocycles. The van der Waals surface area contributed by atoms with Crippen molar-refractivity contribution in [2.45, 2.75) is 13.0 Å². The fourth-order valence-corrected chi connectivity index (χ4v) is 2.04. The first kappa shape index (κ1) is 13.9. The fraction of sp³-hybridized carbons (Fsp3) is 0.143. The lowest BCUT2D eigenvalue weighted by atomic mass is 9.99. The van der Waals surface area contributed by atoms with Crippen LogP contribution in [0.4, 0.5) is 13.2 Å². The molecule has 2 rings (SSSR count). The van der Waals surface area contributed by atoms with Crippen molar-refractivity contribution < 1.29 is 18.3 Å². The lowest BCUT2D eigenvalue weighted by molar-refractivity contribution is 0.214. The second-order valence-corrected chi connectivity index (χ2v) is 4.62. The van der Waals surface area contributed by atoms with Gasteiger partial charge in [-0.1, -0.05) is 29.3 Å². The molecule has 100 valence electrons. The molecule has 2 aromatic carbocycles. The Hall–Kier alpha value is -1.52. The highest BCUT2D eigenvalue weighted by Gasteiger charge is 2.20. The highest BCUT2D eigenvalue weighted by Crippen LogP contribution is 2.31. The average Bonchev–Trinajstić information content (AvgIpc) is 2.36. The number of hydrogen-bond donors (Lipinski definition) is 1. The molecule has 0 aliphatic carbocycles. The zero-order chi connectivity index (χ0) is 14.2. The van der Waals surface area contributed by atoms with Crippen LogP contribution in [-0.4, -0.2) is 5.11 Å². The minimum Gasteiger partial charge on any atom is -0.383 e. The smallest absolute Gasteiger partial charge is 0.160 e. The first-order valence-electron chi connectivity index (χ1n) is 5.48. The Morgan fingerprint density at radius 1 is 0.947 bits per heavy atom. The Bertz CT molecular complexity index is 628. The third-order valence-corrected chi connectivity index (χ3v) is 3.11. The zero-order valence-corrected chi connectivity index (χ0v) is 10.7. The highest BCUT2D eigenvalue weighted by atomic mass is 35.5. The Morgan fingerprint density at radius 3 is 2.26 bits per heavy atom. The van der Waals surface area contributed by atoms with Crippen LogP contribution < -0.4 is 0 Å². The molecule has 0 aromatic heterocycles. The second-order valence-electron chi connectivity index (χ2n) is 4.22. The monoisotopic (exact) mass is 286 g/mol. The van der Waals surface area contributed by atoms with E-state index >= 15 is 0 Å². The maximum Gasteiger partial charge on any atom is 0.160 e. The van der Waals surface area contributed by atoms with Gasteiger partial charge in [0, 0.05) is 16.1 Å². The molecule has 0 fully saturated rings. The quantitative estimate of drug-likeness (QED) is 0.822. The zero-order valence-electron chi connectivity index (χ0n) is 9.92. The van der Waals surface area contributed by atoms with Crippen LogP contribution in [0.2, 0.25) is 5.02 Å². The van der Waals surface area contributed by atoms with Crippen molar-refractivity contribution in [1.29, 1.82) is 0 Å². The fourth-order valence-electron chi connectivity index (χ4n) is 1.79. The third kappa shape index (κ3) is 2.74. The molecular formula is C14H10ClF3O. The van der Waals surface area contributed by atoms with Crippen molar-refractivity contribution in [2.75, 3.05) is 0 Å². The highest BCUT2D eigenvalue weighted by molar-refractivity contribution is 6.31.